The molecular formula is C9H8NO4+. The Kier molecular flexibility index (Phi) is 1.92. The summed E-state index contributed by atoms with van der Waals surface area (Å²) >= 11 is 0. The van der Waals surface area contributed by atoms with Gasteiger partial charge in [-0.2, -0.15) is 4.58 Å². The van der Waals surface area contributed by atoms with Crippen molar-refractivity contribution in [3.05, 3.63) is 23.6 Å². The van der Waals surface area contributed by atoms with Crippen LogP contribution in [0.15, 0.2) is 23.6 Å². The highest BCUT2D eigenvalue weighted by Crippen LogP contribution is 2.21. The highest BCUT2D eigenvalue weighted by atomic mass is 16.5. The third kappa shape index (κ3) is 1.44. The van der Waals surface area contributed by atoms with Crippen LogP contribution in [0, 0.1) is 0 Å². The van der Waals surface area contributed by atoms with Gasteiger partial charge < -0.3 is 9.84 Å². The summed E-state index contributed by atoms with van der Waals surface area (Å²) in [6.45, 7) is 0.399. The summed E-state index contributed by atoms with van der Waals surface area (Å²) in [6, 6.07) is 0. The molecule has 1 N–H and O–H groups in total. The van der Waals surface area contributed by atoms with Crippen molar-refractivity contribution in [2.45, 2.75) is 0 Å². The van der Waals surface area contributed by atoms with Crippen molar-refractivity contribution in [1.29, 1.82) is 0 Å². The van der Waals surface area contributed by atoms with Gasteiger partial charge in [0, 0.05) is 6.08 Å². The van der Waals surface area contributed by atoms with Gasteiger partial charge >= 0.3 is 5.97 Å². The van der Waals surface area contributed by atoms with Gasteiger partial charge in [-0.05, 0) is 0 Å². The first-order valence-corrected chi connectivity index (χ1v) is 4.07. The Morgan fingerprint density at radius 3 is 3.14 bits per heavy atom. The molecular weight excluding hydrogens is 186 g/mol. The van der Waals surface area contributed by atoms with E-state index in [0.717, 1.165) is 11.8 Å². The molecule has 0 fully saturated rings. The maximum Gasteiger partial charge on any atom is 0.393 e. The van der Waals surface area contributed by atoms with Crippen LogP contribution >= 0.6 is 0 Å². The Balaban J connectivity index is 2.42. The molecule has 0 aromatic carbocycles. The second kappa shape index (κ2) is 3.10. The van der Waals surface area contributed by atoms with Crippen LogP contribution in [0.1, 0.15) is 0 Å². The normalized spacial score (nSPS) is 22.6. The topological polar surface area (TPSA) is 66.6 Å². The highest BCUT2D eigenvalue weighted by molar-refractivity contribution is 6.20. The van der Waals surface area contributed by atoms with Gasteiger partial charge in [-0.1, -0.05) is 0 Å². The third-order valence-corrected chi connectivity index (χ3v) is 2.00. The number of carboxylic acid groups (broad SMARTS) is 1. The molecule has 0 amide bonds. The molecule has 2 aliphatic rings. The molecule has 0 spiro atoms. The van der Waals surface area contributed by atoms with Crippen LogP contribution in [-0.4, -0.2) is 40.8 Å². The summed E-state index contributed by atoms with van der Waals surface area (Å²) in [5, 5.41) is 8.58. The van der Waals surface area contributed by atoms with Crippen LogP contribution in [0.5, 0.6) is 0 Å². The van der Waals surface area contributed by atoms with Crippen molar-refractivity contribution in [3.63, 3.8) is 0 Å². The lowest BCUT2D eigenvalue weighted by Crippen LogP contribution is -2.27. The smallest absolute Gasteiger partial charge is 0.393 e. The summed E-state index contributed by atoms with van der Waals surface area (Å²) in [6.07, 6.45) is 3.94. The summed E-state index contributed by atoms with van der Waals surface area (Å²) < 4.78 is 6.40. The number of fused-ring (bicyclic) bond motifs is 1. The minimum atomic E-state index is -1.08. The monoisotopic (exact) mass is 194 g/mol. The summed E-state index contributed by atoms with van der Waals surface area (Å²) in [4.78, 5) is 21.7. The van der Waals surface area contributed by atoms with Crippen molar-refractivity contribution in [2.24, 2.45) is 0 Å². The minimum absolute atomic E-state index is 0.0605. The first-order chi connectivity index (χ1) is 6.66. The average molecular weight is 194 g/mol. The molecule has 0 unspecified atom stereocenters. The van der Waals surface area contributed by atoms with Gasteiger partial charge in [0.05, 0.1) is 5.57 Å². The van der Waals surface area contributed by atoms with Crippen molar-refractivity contribution in [1.82, 2.24) is 0 Å². The molecule has 0 aromatic rings. The molecule has 2 rings (SSSR count). The Labute approximate surface area is 79.6 Å². The lowest BCUT2D eigenvalue weighted by Gasteiger charge is -2.06. The summed E-state index contributed by atoms with van der Waals surface area (Å²) in [5.41, 5.74) is 1.39. The first-order valence-electron chi connectivity index (χ1n) is 4.07. The Bertz CT molecular complexity index is 403. The van der Waals surface area contributed by atoms with Gasteiger partial charge in [0.15, 0.2) is 6.26 Å². The highest BCUT2D eigenvalue weighted by Gasteiger charge is 2.31. The minimum Gasteiger partial charge on any atom is -0.489 e. The molecule has 0 aromatic heterocycles. The fourth-order valence-electron chi connectivity index (χ4n) is 1.47. The molecule has 14 heavy (non-hydrogen) atoms. The van der Waals surface area contributed by atoms with E-state index in [1.54, 1.807) is 0 Å². The molecule has 0 aliphatic carbocycles. The molecule has 0 bridgehead atoms. The number of hydrogen-bond donors (Lipinski definition) is 1. The van der Waals surface area contributed by atoms with Gasteiger partial charge in [-0.25, -0.2) is 4.79 Å². The summed E-state index contributed by atoms with van der Waals surface area (Å²) in [5.74, 6) is -1.19. The SMILES string of the molecule is O=C(O)C=[N+]1CC(=O)C=C2COC=C21. The van der Waals surface area contributed by atoms with E-state index in [1.165, 1.54) is 16.9 Å². The molecule has 72 valence electrons. The molecule has 0 atom stereocenters. The predicted octanol–water partition coefficient (Wildman–Crippen LogP) is -0.465. The largest absolute Gasteiger partial charge is 0.489 e. The molecule has 0 saturated carbocycles. The zero-order valence-electron chi connectivity index (χ0n) is 7.27. The van der Waals surface area contributed by atoms with Crippen LogP contribution in [0.25, 0.3) is 0 Å². The van der Waals surface area contributed by atoms with E-state index in [2.05, 4.69) is 0 Å². The third-order valence-electron chi connectivity index (χ3n) is 2.00. The van der Waals surface area contributed by atoms with Crippen LogP contribution in [0.4, 0.5) is 0 Å². The predicted molar refractivity (Wildman–Crippen MR) is 46.0 cm³/mol. The van der Waals surface area contributed by atoms with Gasteiger partial charge in [-0.15, -0.1) is 0 Å². The summed E-state index contributed by atoms with van der Waals surface area (Å²) in [7, 11) is 0. The zero-order valence-corrected chi connectivity index (χ0v) is 7.27. The van der Waals surface area contributed by atoms with Crippen molar-refractivity contribution >= 4 is 18.0 Å². The Hall–Kier alpha value is -1.91. The van der Waals surface area contributed by atoms with Gasteiger partial charge in [0.1, 0.15) is 6.61 Å². The number of nitrogens with zero attached hydrogens (tertiary/aromatic N) is 1. The number of carboxylic acids is 1. The van der Waals surface area contributed by atoms with E-state index < -0.39 is 5.97 Å². The Morgan fingerprint density at radius 1 is 1.64 bits per heavy atom. The van der Waals surface area contributed by atoms with Crippen molar-refractivity contribution < 1.29 is 24.0 Å². The van der Waals surface area contributed by atoms with Gasteiger partial charge in [0.25, 0.3) is 6.21 Å². The van der Waals surface area contributed by atoms with Crippen molar-refractivity contribution in [3.8, 4) is 0 Å². The molecule has 2 heterocycles. The standard InChI is InChI=1S/C9H7NO4/c11-7-1-6-4-14-5-8(6)10(2-7)3-9(12)13/h1,3,5H,2,4H2/p+1. The Morgan fingerprint density at radius 2 is 2.43 bits per heavy atom. The van der Waals surface area contributed by atoms with Gasteiger partial charge in [0.2, 0.25) is 18.0 Å². The molecule has 0 saturated heterocycles. The number of hydrogen-bond acceptors (Lipinski definition) is 3. The zero-order chi connectivity index (χ0) is 10.1. The fourth-order valence-corrected chi connectivity index (χ4v) is 1.47. The van der Waals surface area contributed by atoms with E-state index in [9.17, 15) is 9.59 Å². The van der Waals surface area contributed by atoms with Gasteiger partial charge in [-0.3, -0.25) is 4.79 Å². The second-order valence-corrected chi connectivity index (χ2v) is 3.05. The maximum absolute atomic E-state index is 11.2. The van der Waals surface area contributed by atoms with Crippen LogP contribution in [0.2, 0.25) is 0 Å². The number of ketones is 1. The number of carbonyl (C=O) groups is 2. The van der Waals surface area contributed by atoms with E-state index in [4.69, 9.17) is 9.84 Å². The van der Waals surface area contributed by atoms with Crippen LogP contribution in [-0.2, 0) is 14.3 Å². The fraction of sp³-hybridized carbons (Fsp3) is 0.222. The first kappa shape index (κ1) is 8.68. The van der Waals surface area contributed by atoms with E-state index in [0.29, 0.717) is 12.3 Å². The second-order valence-electron chi connectivity index (χ2n) is 3.05. The molecule has 0 radical (unpaired) electrons. The molecule has 5 heteroatoms. The molecule has 2 aliphatic heterocycles. The quantitative estimate of drug-likeness (QED) is 0.573. The van der Waals surface area contributed by atoms with E-state index in [1.807, 2.05) is 0 Å². The number of ether oxygens (including phenoxy) is 1. The maximum atomic E-state index is 11.2. The van der Waals surface area contributed by atoms with E-state index >= 15 is 0 Å². The number of carbonyl (C=O) groups excluding carboxylic acids is 1. The van der Waals surface area contributed by atoms with E-state index in [-0.39, 0.29) is 12.3 Å². The lowest BCUT2D eigenvalue weighted by molar-refractivity contribution is -0.457. The van der Waals surface area contributed by atoms with Crippen LogP contribution in [0.3, 0.4) is 0 Å². The average Bonchev–Trinajstić information content (AvgIpc) is 2.50. The molecule has 5 nitrogen and oxygen atoms in total. The van der Waals surface area contributed by atoms with Crippen molar-refractivity contribution in [2.75, 3.05) is 13.2 Å². The lowest BCUT2D eigenvalue weighted by atomic mass is 10.1. The van der Waals surface area contributed by atoms with Crippen LogP contribution < -0.4 is 0 Å². The number of aliphatic carboxylic acids is 1. The number of rotatable bonds is 1.